The standard InChI is InChI=1S/C15H24O4/c1-14(2,3)19-11-6-5-9-12(13(17)18)10(16)7-8-15(9,11)4/h9,11-12H,5-8H2,1-4H3,(H,17,18)/t9?,11-,12?,15-/m0/s1. The van der Waals surface area contributed by atoms with E-state index in [-0.39, 0.29) is 28.8 Å². The molecule has 2 aliphatic rings. The number of hydrogen-bond acceptors (Lipinski definition) is 3. The Morgan fingerprint density at radius 2 is 2.00 bits per heavy atom. The molecule has 0 aliphatic heterocycles. The third-order valence-corrected chi connectivity index (χ3v) is 4.74. The van der Waals surface area contributed by atoms with Gasteiger partial charge in [-0.1, -0.05) is 6.92 Å². The SMILES string of the molecule is CC(C)(C)O[C@H]1CCC2C(C(=O)O)C(=O)CC[C@@]21C. The highest BCUT2D eigenvalue weighted by Gasteiger charge is 2.57. The third-order valence-electron chi connectivity index (χ3n) is 4.74. The van der Waals surface area contributed by atoms with E-state index in [1.165, 1.54) is 0 Å². The average Bonchev–Trinajstić information content (AvgIpc) is 2.54. The zero-order valence-corrected chi connectivity index (χ0v) is 12.2. The number of carboxylic acids is 1. The van der Waals surface area contributed by atoms with E-state index in [1.807, 2.05) is 20.8 Å². The third kappa shape index (κ3) is 2.55. The maximum atomic E-state index is 11.9. The first-order valence-electron chi connectivity index (χ1n) is 7.08. The Bertz CT molecular complexity index is 395. The lowest BCUT2D eigenvalue weighted by molar-refractivity contribution is -0.160. The van der Waals surface area contributed by atoms with Crippen LogP contribution in [-0.2, 0) is 14.3 Å². The van der Waals surface area contributed by atoms with Gasteiger partial charge in [0.25, 0.3) is 0 Å². The molecule has 4 atom stereocenters. The largest absolute Gasteiger partial charge is 0.481 e. The first-order valence-corrected chi connectivity index (χ1v) is 7.08. The van der Waals surface area contributed by atoms with Crippen molar-refractivity contribution in [3.05, 3.63) is 0 Å². The molecule has 0 aromatic carbocycles. The van der Waals surface area contributed by atoms with Crippen LogP contribution in [0.3, 0.4) is 0 Å². The number of hydrogen-bond donors (Lipinski definition) is 1. The molecule has 0 aromatic rings. The van der Waals surface area contributed by atoms with Crippen molar-refractivity contribution >= 4 is 11.8 Å². The zero-order valence-electron chi connectivity index (χ0n) is 12.2. The van der Waals surface area contributed by atoms with Crippen LogP contribution in [0.4, 0.5) is 0 Å². The van der Waals surface area contributed by atoms with Gasteiger partial charge in [-0.15, -0.1) is 0 Å². The molecule has 2 unspecified atom stereocenters. The Morgan fingerprint density at radius 3 is 2.53 bits per heavy atom. The van der Waals surface area contributed by atoms with Crippen molar-refractivity contribution < 1.29 is 19.4 Å². The van der Waals surface area contributed by atoms with Crippen LogP contribution >= 0.6 is 0 Å². The van der Waals surface area contributed by atoms with Crippen LogP contribution in [-0.4, -0.2) is 28.6 Å². The maximum Gasteiger partial charge on any atom is 0.314 e. The van der Waals surface area contributed by atoms with E-state index < -0.39 is 11.9 Å². The fourth-order valence-corrected chi connectivity index (χ4v) is 3.83. The smallest absolute Gasteiger partial charge is 0.314 e. The second-order valence-electron chi connectivity index (χ2n) is 7.19. The molecule has 4 nitrogen and oxygen atoms in total. The highest BCUT2D eigenvalue weighted by atomic mass is 16.5. The van der Waals surface area contributed by atoms with Gasteiger partial charge in [0, 0.05) is 6.42 Å². The van der Waals surface area contributed by atoms with Crippen molar-refractivity contribution in [1.29, 1.82) is 0 Å². The van der Waals surface area contributed by atoms with E-state index >= 15 is 0 Å². The lowest BCUT2D eigenvalue weighted by Gasteiger charge is -2.44. The van der Waals surface area contributed by atoms with Gasteiger partial charge >= 0.3 is 5.97 Å². The van der Waals surface area contributed by atoms with Gasteiger partial charge in [-0.3, -0.25) is 9.59 Å². The summed E-state index contributed by atoms with van der Waals surface area (Å²) in [7, 11) is 0. The van der Waals surface area contributed by atoms with Crippen LogP contribution in [0.1, 0.15) is 53.4 Å². The number of ether oxygens (including phenoxy) is 1. The normalized spacial score (nSPS) is 39.2. The van der Waals surface area contributed by atoms with Gasteiger partial charge in [0.1, 0.15) is 11.7 Å². The van der Waals surface area contributed by atoms with Crippen LogP contribution < -0.4 is 0 Å². The van der Waals surface area contributed by atoms with Crippen molar-refractivity contribution in [3.63, 3.8) is 0 Å². The van der Waals surface area contributed by atoms with E-state index in [4.69, 9.17) is 4.74 Å². The molecule has 0 heterocycles. The molecule has 2 fully saturated rings. The number of rotatable bonds is 2. The van der Waals surface area contributed by atoms with E-state index in [1.54, 1.807) is 0 Å². The fraction of sp³-hybridized carbons (Fsp3) is 0.867. The Kier molecular flexibility index (Phi) is 3.50. The molecule has 0 radical (unpaired) electrons. The minimum absolute atomic E-state index is 0.0625. The van der Waals surface area contributed by atoms with Gasteiger partial charge in [0.2, 0.25) is 0 Å². The average molecular weight is 268 g/mol. The highest BCUT2D eigenvalue weighted by molar-refractivity contribution is 5.99. The summed E-state index contributed by atoms with van der Waals surface area (Å²) in [5, 5.41) is 9.33. The van der Waals surface area contributed by atoms with Crippen molar-refractivity contribution in [2.24, 2.45) is 17.3 Å². The predicted molar refractivity (Wildman–Crippen MR) is 70.8 cm³/mol. The van der Waals surface area contributed by atoms with Gasteiger partial charge in [0.15, 0.2) is 0 Å². The van der Waals surface area contributed by atoms with E-state index in [2.05, 4.69) is 6.92 Å². The molecular weight excluding hydrogens is 244 g/mol. The highest BCUT2D eigenvalue weighted by Crippen LogP contribution is 2.55. The minimum atomic E-state index is -0.961. The Labute approximate surface area is 114 Å². The first-order chi connectivity index (χ1) is 8.65. The van der Waals surface area contributed by atoms with Crippen LogP contribution in [0.2, 0.25) is 0 Å². The van der Waals surface area contributed by atoms with Crippen LogP contribution in [0.15, 0.2) is 0 Å². The topological polar surface area (TPSA) is 63.6 Å². The van der Waals surface area contributed by atoms with Crippen LogP contribution in [0, 0.1) is 17.3 Å². The summed E-state index contributed by atoms with van der Waals surface area (Å²) in [4.78, 5) is 23.3. The summed E-state index contributed by atoms with van der Waals surface area (Å²) < 4.78 is 6.13. The fourth-order valence-electron chi connectivity index (χ4n) is 3.83. The molecule has 4 heteroatoms. The minimum Gasteiger partial charge on any atom is -0.481 e. The number of Topliss-reactive ketones (excluding diaryl/α,β-unsaturated/α-hetero) is 1. The maximum absolute atomic E-state index is 11.9. The molecule has 0 bridgehead atoms. The number of carbonyl (C=O) groups excluding carboxylic acids is 1. The second kappa shape index (κ2) is 4.58. The number of carboxylic acid groups (broad SMARTS) is 1. The lowest BCUT2D eigenvalue weighted by atomic mass is 9.63. The van der Waals surface area contributed by atoms with Gasteiger partial charge in [-0.25, -0.2) is 0 Å². The summed E-state index contributed by atoms with van der Waals surface area (Å²) in [6.07, 6.45) is 2.82. The molecule has 1 N–H and O–H groups in total. The monoisotopic (exact) mass is 268 g/mol. The van der Waals surface area contributed by atoms with Gasteiger partial charge in [-0.05, 0) is 51.4 Å². The molecule has 2 saturated carbocycles. The number of carbonyl (C=O) groups is 2. The summed E-state index contributed by atoms with van der Waals surface area (Å²) in [5.41, 5.74) is -0.410. The summed E-state index contributed by atoms with van der Waals surface area (Å²) in [6.45, 7) is 8.16. The van der Waals surface area contributed by atoms with Gasteiger partial charge < -0.3 is 9.84 Å². The summed E-state index contributed by atoms with van der Waals surface area (Å²) in [6, 6.07) is 0. The molecule has 0 amide bonds. The molecule has 0 aromatic heterocycles. The molecule has 0 spiro atoms. The Morgan fingerprint density at radius 1 is 1.37 bits per heavy atom. The van der Waals surface area contributed by atoms with E-state index in [0.717, 1.165) is 19.3 Å². The Balaban J connectivity index is 2.25. The Hall–Kier alpha value is -0.900. The van der Waals surface area contributed by atoms with Crippen molar-refractivity contribution in [3.8, 4) is 0 Å². The number of fused-ring (bicyclic) bond motifs is 1. The quantitative estimate of drug-likeness (QED) is 0.782. The van der Waals surface area contributed by atoms with Gasteiger partial charge in [-0.2, -0.15) is 0 Å². The molecule has 0 saturated heterocycles. The number of ketones is 1. The van der Waals surface area contributed by atoms with E-state index in [9.17, 15) is 14.7 Å². The predicted octanol–water partition coefficient (Wildman–Crippen LogP) is 2.65. The van der Waals surface area contributed by atoms with E-state index in [0.29, 0.717) is 6.42 Å². The second-order valence-corrected chi connectivity index (χ2v) is 7.19. The van der Waals surface area contributed by atoms with Crippen LogP contribution in [0.25, 0.3) is 0 Å². The molecule has 19 heavy (non-hydrogen) atoms. The molecule has 2 aliphatic carbocycles. The first kappa shape index (κ1) is 14.5. The van der Waals surface area contributed by atoms with Crippen molar-refractivity contribution in [2.45, 2.75) is 65.1 Å². The molecular formula is C15H24O4. The lowest BCUT2D eigenvalue weighted by Crippen LogP contribution is -2.48. The molecule has 2 rings (SSSR count). The van der Waals surface area contributed by atoms with Crippen molar-refractivity contribution in [1.82, 2.24) is 0 Å². The van der Waals surface area contributed by atoms with Gasteiger partial charge in [0.05, 0.1) is 11.7 Å². The summed E-state index contributed by atoms with van der Waals surface area (Å²) >= 11 is 0. The zero-order chi connectivity index (χ0) is 14.4. The van der Waals surface area contributed by atoms with Crippen LogP contribution in [0.5, 0.6) is 0 Å². The molecule has 108 valence electrons. The summed E-state index contributed by atoms with van der Waals surface area (Å²) in [5.74, 6) is -1.96. The van der Waals surface area contributed by atoms with Crippen molar-refractivity contribution in [2.75, 3.05) is 0 Å². The number of aliphatic carboxylic acids is 1.